The molecule has 1 aromatic rings. The molecule has 0 heterocycles. The number of aryl methyl sites for hydroxylation is 1. The Balaban J connectivity index is 2.69. The first-order valence-electron chi connectivity index (χ1n) is 5.11. The van der Waals surface area contributed by atoms with E-state index in [9.17, 15) is 9.50 Å². The quantitative estimate of drug-likeness (QED) is 0.816. The van der Waals surface area contributed by atoms with Gasteiger partial charge in [-0.05, 0) is 37.8 Å². The third-order valence-electron chi connectivity index (χ3n) is 3.27. The van der Waals surface area contributed by atoms with Crippen molar-refractivity contribution in [3.8, 4) is 11.8 Å². The highest BCUT2D eigenvalue weighted by Crippen LogP contribution is 2.49. The van der Waals surface area contributed by atoms with E-state index in [1.165, 1.54) is 6.07 Å². The van der Waals surface area contributed by atoms with Gasteiger partial charge in [0.15, 0.2) is 0 Å². The minimum atomic E-state index is -0.885. The Morgan fingerprint density at radius 2 is 2.19 bits per heavy atom. The summed E-state index contributed by atoms with van der Waals surface area (Å²) in [6.07, 6.45) is 2.03. The summed E-state index contributed by atoms with van der Waals surface area (Å²) in [5, 5.41) is 19.1. The maximum absolute atomic E-state index is 14.0. The summed E-state index contributed by atoms with van der Waals surface area (Å²) in [7, 11) is 0. The Kier molecular flexibility index (Phi) is 2.55. The van der Waals surface area contributed by atoms with E-state index in [0.717, 1.165) is 6.42 Å². The molecule has 1 saturated carbocycles. The molecule has 2 nitrogen and oxygen atoms in total. The van der Waals surface area contributed by atoms with Crippen LogP contribution in [0.2, 0.25) is 5.02 Å². The molecule has 0 bridgehead atoms. The number of aromatic hydroxyl groups is 1. The van der Waals surface area contributed by atoms with Crippen LogP contribution in [0, 0.1) is 24.1 Å². The first-order valence-corrected chi connectivity index (χ1v) is 5.49. The maximum Gasteiger partial charge on any atom is 0.141 e. The molecule has 1 aliphatic carbocycles. The monoisotopic (exact) mass is 239 g/mol. The highest BCUT2D eigenvalue weighted by atomic mass is 35.5. The van der Waals surface area contributed by atoms with Crippen molar-refractivity contribution in [2.45, 2.75) is 31.6 Å². The van der Waals surface area contributed by atoms with E-state index in [-0.39, 0.29) is 16.3 Å². The van der Waals surface area contributed by atoms with Gasteiger partial charge in [0.1, 0.15) is 11.6 Å². The van der Waals surface area contributed by atoms with E-state index in [2.05, 4.69) is 6.07 Å². The molecular weight excluding hydrogens is 229 g/mol. The van der Waals surface area contributed by atoms with E-state index in [1.54, 1.807) is 6.92 Å². The lowest BCUT2D eigenvalue weighted by molar-refractivity contribution is 0.299. The fourth-order valence-corrected chi connectivity index (χ4v) is 2.39. The zero-order valence-electron chi connectivity index (χ0n) is 8.85. The van der Waals surface area contributed by atoms with Crippen LogP contribution >= 0.6 is 11.6 Å². The summed E-state index contributed by atoms with van der Waals surface area (Å²) in [6, 6.07) is 3.48. The van der Waals surface area contributed by atoms with Crippen LogP contribution in [0.1, 0.15) is 30.4 Å². The molecule has 2 rings (SSSR count). The minimum Gasteiger partial charge on any atom is -0.506 e. The minimum absolute atomic E-state index is 0.0752. The molecule has 4 heteroatoms. The van der Waals surface area contributed by atoms with Gasteiger partial charge >= 0.3 is 0 Å². The Labute approximate surface area is 98.3 Å². The molecule has 0 aromatic heterocycles. The number of phenolic OH excluding ortho intramolecular Hbond substituents is 1. The van der Waals surface area contributed by atoms with E-state index in [1.807, 2.05) is 0 Å². The fourth-order valence-electron chi connectivity index (χ4n) is 2.13. The fraction of sp³-hybridized carbons (Fsp3) is 0.417. The number of hydrogen-bond acceptors (Lipinski definition) is 2. The van der Waals surface area contributed by atoms with E-state index >= 15 is 0 Å². The first-order chi connectivity index (χ1) is 7.52. The van der Waals surface area contributed by atoms with Crippen molar-refractivity contribution < 1.29 is 9.50 Å². The summed E-state index contributed by atoms with van der Waals surface area (Å²) >= 11 is 5.81. The third kappa shape index (κ3) is 1.37. The van der Waals surface area contributed by atoms with Crippen LogP contribution in [-0.2, 0) is 5.41 Å². The van der Waals surface area contributed by atoms with Gasteiger partial charge in [-0.2, -0.15) is 5.26 Å². The smallest absolute Gasteiger partial charge is 0.141 e. The lowest BCUT2D eigenvalue weighted by atomic mass is 9.65. The van der Waals surface area contributed by atoms with Gasteiger partial charge in [0.2, 0.25) is 0 Å². The number of benzene rings is 1. The molecule has 0 saturated heterocycles. The number of rotatable bonds is 1. The number of halogens is 2. The number of hydrogen-bond donors (Lipinski definition) is 1. The van der Waals surface area contributed by atoms with Crippen molar-refractivity contribution in [3.05, 3.63) is 28.0 Å². The molecule has 1 N–H and O–H groups in total. The van der Waals surface area contributed by atoms with Crippen molar-refractivity contribution in [3.63, 3.8) is 0 Å². The molecule has 1 aromatic carbocycles. The Morgan fingerprint density at radius 3 is 2.62 bits per heavy atom. The third-order valence-corrected chi connectivity index (χ3v) is 3.56. The highest BCUT2D eigenvalue weighted by Gasteiger charge is 2.44. The molecule has 0 aliphatic heterocycles. The second-order valence-electron chi connectivity index (χ2n) is 4.26. The predicted molar refractivity (Wildman–Crippen MR) is 59.0 cm³/mol. The van der Waals surface area contributed by atoms with E-state index < -0.39 is 11.2 Å². The van der Waals surface area contributed by atoms with Crippen LogP contribution in [0.3, 0.4) is 0 Å². The average Bonchev–Trinajstić information content (AvgIpc) is 2.19. The molecular formula is C12H11ClFNO. The van der Waals surface area contributed by atoms with Gasteiger partial charge < -0.3 is 5.11 Å². The van der Waals surface area contributed by atoms with Crippen molar-refractivity contribution in [2.75, 3.05) is 0 Å². The second-order valence-corrected chi connectivity index (χ2v) is 4.67. The zero-order valence-corrected chi connectivity index (χ0v) is 9.60. The predicted octanol–water partition coefficient (Wildman–Crippen LogP) is 3.44. The van der Waals surface area contributed by atoms with Crippen LogP contribution in [0.15, 0.2) is 6.07 Å². The topological polar surface area (TPSA) is 44.0 Å². The SMILES string of the molecule is Cc1cc(Cl)c(O)c(C2(C#N)CCC2)c1F. The van der Waals surface area contributed by atoms with Gasteiger partial charge in [0, 0.05) is 0 Å². The van der Waals surface area contributed by atoms with Crippen LogP contribution in [-0.4, -0.2) is 5.11 Å². The molecule has 0 atom stereocenters. The summed E-state index contributed by atoms with van der Waals surface area (Å²) < 4.78 is 14.0. The van der Waals surface area contributed by atoms with Gasteiger partial charge in [-0.15, -0.1) is 0 Å². The van der Waals surface area contributed by atoms with Crippen LogP contribution in [0.4, 0.5) is 4.39 Å². The summed E-state index contributed by atoms with van der Waals surface area (Å²) in [6.45, 7) is 1.58. The molecule has 0 unspecified atom stereocenters. The van der Waals surface area contributed by atoms with Gasteiger partial charge in [-0.3, -0.25) is 0 Å². The van der Waals surface area contributed by atoms with Crippen molar-refractivity contribution in [1.82, 2.24) is 0 Å². The average molecular weight is 240 g/mol. The maximum atomic E-state index is 14.0. The van der Waals surface area contributed by atoms with Gasteiger partial charge in [-0.1, -0.05) is 11.6 Å². The first kappa shape index (κ1) is 11.2. The van der Waals surface area contributed by atoms with Crippen LogP contribution in [0.25, 0.3) is 0 Å². The molecule has 16 heavy (non-hydrogen) atoms. The largest absolute Gasteiger partial charge is 0.506 e. The number of nitriles is 1. The molecule has 1 aliphatic rings. The normalized spacial score (nSPS) is 17.6. The Hall–Kier alpha value is -1.27. The Bertz CT molecular complexity index is 463. The van der Waals surface area contributed by atoms with E-state index in [4.69, 9.17) is 16.9 Å². The molecule has 0 radical (unpaired) electrons. The zero-order chi connectivity index (χ0) is 11.9. The van der Waals surface area contributed by atoms with Crippen LogP contribution in [0.5, 0.6) is 5.75 Å². The van der Waals surface area contributed by atoms with Gasteiger partial charge in [-0.25, -0.2) is 4.39 Å². The van der Waals surface area contributed by atoms with Crippen molar-refractivity contribution >= 4 is 11.6 Å². The number of phenols is 1. The molecule has 1 fully saturated rings. The lowest BCUT2D eigenvalue weighted by Gasteiger charge is -2.36. The molecule has 0 spiro atoms. The Morgan fingerprint density at radius 1 is 1.56 bits per heavy atom. The van der Waals surface area contributed by atoms with Crippen LogP contribution < -0.4 is 0 Å². The van der Waals surface area contributed by atoms with Gasteiger partial charge in [0.25, 0.3) is 0 Å². The van der Waals surface area contributed by atoms with Crippen molar-refractivity contribution in [2.24, 2.45) is 0 Å². The standard InChI is InChI=1S/C12H11ClFNO/c1-7-5-8(13)11(16)9(10(7)14)12(6-15)3-2-4-12/h5,16H,2-4H2,1H3. The second kappa shape index (κ2) is 3.64. The van der Waals surface area contributed by atoms with Gasteiger partial charge in [0.05, 0.1) is 22.1 Å². The number of nitrogens with zero attached hydrogens (tertiary/aromatic N) is 1. The molecule has 0 amide bonds. The lowest BCUT2D eigenvalue weighted by Crippen LogP contribution is -2.33. The summed E-state index contributed by atoms with van der Waals surface area (Å²) in [5.74, 6) is -0.797. The molecule has 84 valence electrons. The van der Waals surface area contributed by atoms with E-state index in [0.29, 0.717) is 18.4 Å². The van der Waals surface area contributed by atoms with Crippen molar-refractivity contribution in [1.29, 1.82) is 5.26 Å². The summed E-state index contributed by atoms with van der Waals surface area (Å²) in [4.78, 5) is 0. The highest BCUT2D eigenvalue weighted by molar-refractivity contribution is 6.32. The summed E-state index contributed by atoms with van der Waals surface area (Å²) in [5.41, 5.74) is -0.449.